The van der Waals surface area contributed by atoms with E-state index in [2.05, 4.69) is 39.0 Å². The van der Waals surface area contributed by atoms with Gasteiger partial charge in [-0.2, -0.15) is 0 Å². The first-order valence-corrected chi connectivity index (χ1v) is 10.7. The second-order valence-corrected chi connectivity index (χ2v) is 8.89. The van der Waals surface area contributed by atoms with Crippen LogP contribution in [0.1, 0.15) is 50.3 Å². The average Bonchev–Trinajstić information content (AvgIpc) is 3.03. The van der Waals surface area contributed by atoms with E-state index in [1.165, 1.54) is 30.2 Å². The van der Waals surface area contributed by atoms with Gasteiger partial charge in [-0.1, -0.05) is 20.3 Å². The predicted octanol–water partition coefficient (Wildman–Crippen LogP) is 4.67. The van der Waals surface area contributed by atoms with Crippen molar-refractivity contribution in [3.8, 4) is 0 Å². The van der Waals surface area contributed by atoms with Gasteiger partial charge >= 0.3 is 0 Å². The van der Waals surface area contributed by atoms with Crippen LogP contribution in [0.25, 0.3) is 10.2 Å². The number of aryl methyl sites for hydroxylation is 2. The summed E-state index contributed by atoms with van der Waals surface area (Å²) < 4.78 is 2.29. The largest absolute Gasteiger partial charge is 0.306 e. The molecule has 7 heteroatoms. The fraction of sp³-hybridized carbons (Fsp3) is 0.556. The Labute approximate surface area is 156 Å². The number of hydrogen-bond acceptors (Lipinski definition) is 6. The van der Waals surface area contributed by atoms with E-state index in [9.17, 15) is 0 Å². The van der Waals surface area contributed by atoms with Gasteiger partial charge in [0, 0.05) is 18.4 Å². The maximum Gasteiger partial charge on any atom is 0.197 e. The van der Waals surface area contributed by atoms with Crippen molar-refractivity contribution in [2.75, 3.05) is 0 Å². The van der Waals surface area contributed by atoms with Gasteiger partial charge in [0.1, 0.15) is 21.5 Å². The van der Waals surface area contributed by atoms with Gasteiger partial charge in [0.15, 0.2) is 5.16 Å². The van der Waals surface area contributed by atoms with Crippen molar-refractivity contribution in [3.63, 3.8) is 0 Å². The molecule has 1 aliphatic heterocycles. The summed E-state index contributed by atoms with van der Waals surface area (Å²) in [4.78, 5) is 10.5. The molecular formula is C18H23N5S2. The molecule has 3 aromatic heterocycles. The molecule has 0 spiro atoms. The fourth-order valence-corrected chi connectivity index (χ4v) is 5.48. The number of thiophene rings is 1. The lowest BCUT2D eigenvalue weighted by atomic mass is 10.0. The van der Waals surface area contributed by atoms with Crippen molar-refractivity contribution < 1.29 is 0 Å². The Balaban J connectivity index is 1.76. The molecule has 0 saturated carbocycles. The summed E-state index contributed by atoms with van der Waals surface area (Å²) in [5, 5.41) is 14.3. The van der Waals surface area contributed by atoms with E-state index in [4.69, 9.17) is 4.98 Å². The molecule has 4 heterocycles. The highest BCUT2D eigenvalue weighted by molar-refractivity contribution is 7.99. The lowest BCUT2D eigenvalue weighted by Crippen LogP contribution is -2.03. The van der Waals surface area contributed by atoms with Crippen molar-refractivity contribution in [2.45, 2.75) is 69.6 Å². The van der Waals surface area contributed by atoms with Gasteiger partial charge in [-0.15, -0.1) is 21.5 Å². The number of fused-ring (bicyclic) bond motifs is 2. The molecular weight excluding hydrogens is 350 g/mol. The zero-order chi connectivity index (χ0) is 17.4. The van der Waals surface area contributed by atoms with Crippen LogP contribution in [0.2, 0.25) is 0 Å². The molecule has 3 aromatic rings. The lowest BCUT2D eigenvalue weighted by molar-refractivity contribution is 0.590. The molecule has 0 bridgehead atoms. The average molecular weight is 374 g/mol. The van der Waals surface area contributed by atoms with Crippen LogP contribution in [-0.2, 0) is 19.4 Å². The third-order valence-corrected chi connectivity index (χ3v) is 6.37. The van der Waals surface area contributed by atoms with Gasteiger partial charge < -0.3 is 4.57 Å². The lowest BCUT2D eigenvalue weighted by Gasteiger charge is -2.09. The van der Waals surface area contributed by atoms with Crippen molar-refractivity contribution in [1.29, 1.82) is 0 Å². The van der Waals surface area contributed by atoms with E-state index >= 15 is 0 Å². The zero-order valence-corrected chi connectivity index (χ0v) is 16.6. The Bertz CT molecular complexity index is 896. The molecule has 0 saturated heterocycles. The minimum absolute atomic E-state index is 0.612. The van der Waals surface area contributed by atoms with Crippen LogP contribution in [0, 0.1) is 12.8 Å². The molecule has 0 aromatic carbocycles. The SMILES string of the molecule is Cc1nc(Sc2nnc3n2CCCCC3)c2c(CC(C)C)csc2n1. The van der Waals surface area contributed by atoms with Gasteiger partial charge in [0.2, 0.25) is 0 Å². The predicted molar refractivity (Wildman–Crippen MR) is 102 cm³/mol. The molecule has 0 radical (unpaired) electrons. The van der Waals surface area contributed by atoms with Crippen LogP contribution >= 0.6 is 23.1 Å². The van der Waals surface area contributed by atoms with Crippen molar-refractivity contribution >= 4 is 33.3 Å². The Hall–Kier alpha value is -1.47. The van der Waals surface area contributed by atoms with Crippen LogP contribution in [0.4, 0.5) is 0 Å². The third-order valence-electron chi connectivity index (χ3n) is 4.48. The van der Waals surface area contributed by atoms with E-state index in [1.54, 1.807) is 23.1 Å². The number of aromatic nitrogens is 5. The fourth-order valence-electron chi connectivity index (χ4n) is 3.35. The molecule has 0 atom stereocenters. The van der Waals surface area contributed by atoms with Gasteiger partial charge in [-0.25, -0.2) is 9.97 Å². The maximum absolute atomic E-state index is 4.77. The first kappa shape index (κ1) is 17.0. The van der Waals surface area contributed by atoms with E-state index < -0.39 is 0 Å². The summed E-state index contributed by atoms with van der Waals surface area (Å²) in [5.74, 6) is 2.56. The van der Waals surface area contributed by atoms with E-state index in [1.807, 2.05) is 6.92 Å². The first-order valence-electron chi connectivity index (χ1n) is 8.96. The smallest absolute Gasteiger partial charge is 0.197 e. The summed E-state index contributed by atoms with van der Waals surface area (Å²) in [5.41, 5.74) is 1.35. The Morgan fingerprint density at radius 1 is 1.20 bits per heavy atom. The van der Waals surface area contributed by atoms with Crippen molar-refractivity contribution in [3.05, 3.63) is 22.6 Å². The first-order chi connectivity index (χ1) is 12.1. The highest BCUT2D eigenvalue weighted by Crippen LogP contribution is 2.37. The molecule has 0 fully saturated rings. The molecule has 0 N–H and O–H groups in total. The summed E-state index contributed by atoms with van der Waals surface area (Å²) in [6, 6.07) is 0. The van der Waals surface area contributed by atoms with Crippen LogP contribution in [0.5, 0.6) is 0 Å². The normalized spacial score (nSPS) is 14.9. The molecule has 4 rings (SSSR count). The van der Waals surface area contributed by atoms with E-state index in [0.717, 1.165) is 46.0 Å². The molecule has 132 valence electrons. The Kier molecular flexibility index (Phi) is 4.78. The molecule has 0 unspecified atom stereocenters. The summed E-state index contributed by atoms with van der Waals surface area (Å²) in [6.45, 7) is 7.49. The third kappa shape index (κ3) is 3.44. The van der Waals surface area contributed by atoms with Gasteiger partial charge in [0.05, 0.1) is 0 Å². The molecule has 5 nitrogen and oxygen atoms in total. The number of nitrogens with zero attached hydrogens (tertiary/aromatic N) is 5. The summed E-state index contributed by atoms with van der Waals surface area (Å²) in [6.07, 6.45) is 5.77. The molecule has 0 amide bonds. The minimum Gasteiger partial charge on any atom is -0.306 e. The molecule has 25 heavy (non-hydrogen) atoms. The number of rotatable bonds is 4. The number of hydrogen-bond donors (Lipinski definition) is 0. The summed E-state index contributed by atoms with van der Waals surface area (Å²) >= 11 is 3.37. The monoisotopic (exact) mass is 373 g/mol. The highest BCUT2D eigenvalue weighted by atomic mass is 32.2. The minimum atomic E-state index is 0.612. The summed E-state index contributed by atoms with van der Waals surface area (Å²) in [7, 11) is 0. The Morgan fingerprint density at radius 3 is 2.92 bits per heavy atom. The second-order valence-electron chi connectivity index (χ2n) is 7.08. The van der Waals surface area contributed by atoms with Crippen LogP contribution < -0.4 is 0 Å². The van der Waals surface area contributed by atoms with Gasteiger partial charge in [0.25, 0.3) is 0 Å². The standard InChI is InChI=1S/C18H23N5S2/c1-11(2)9-13-10-24-16-15(13)17(20-12(3)19-16)25-18-22-21-14-7-5-4-6-8-23(14)18/h10-11H,4-9H2,1-3H3. The quantitative estimate of drug-likeness (QED) is 0.622. The zero-order valence-electron chi connectivity index (χ0n) is 14.9. The van der Waals surface area contributed by atoms with Crippen LogP contribution in [0.15, 0.2) is 15.6 Å². The van der Waals surface area contributed by atoms with Crippen LogP contribution in [-0.4, -0.2) is 24.7 Å². The Morgan fingerprint density at radius 2 is 2.08 bits per heavy atom. The second kappa shape index (κ2) is 7.03. The molecule has 0 aliphatic carbocycles. The van der Waals surface area contributed by atoms with E-state index in [-0.39, 0.29) is 0 Å². The maximum atomic E-state index is 4.77. The van der Waals surface area contributed by atoms with Gasteiger partial charge in [-0.3, -0.25) is 0 Å². The topological polar surface area (TPSA) is 56.5 Å². The van der Waals surface area contributed by atoms with Crippen molar-refractivity contribution in [2.24, 2.45) is 5.92 Å². The van der Waals surface area contributed by atoms with Gasteiger partial charge in [-0.05, 0) is 54.8 Å². The van der Waals surface area contributed by atoms with Crippen molar-refractivity contribution in [1.82, 2.24) is 24.7 Å². The molecule has 1 aliphatic rings. The van der Waals surface area contributed by atoms with E-state index in [0.29, 0.717) is 5.92 Å². The van der Waals surface area contributed by atoms with Crippen LogP contribution in [0.3, 0.4) is 0 Å². The highest BCUT2D eigenvalue weighted by Gasteiger charge is 2.20.